The van der Waals surface area contributed by atoms with Crippen molar-refractivity contribution in [3.63, 3.8) is 0 Å². The first kappa shape index (κ1) is 14.0. The SMILES string of the molecule is C=CC1=C(C=C)[C@H](C(=O)OC)C=C[C@H]1C(=O)OC. The molecule has 0 aromatic carbocycles. The van der Waals surface area contributed by atoms with E-state index in [0.29, 0.717) is 11.1 Å². The van der Waals surface area contributed by atoms with E-state index in [4.69, 9.17) is 9.47 Å². The lowest BCUT2D eigenvalue weighted by Crippen LogP contribution is -2.25. The molecule has 0 spiro atoms. The lowest BCUT2D eigenvalue weighted by atomic mass is 9.81. The van der Waals surface area contributed by atoms with Gasteiger partial charge in [-0.2, -0.15) is 0 Å². The number of carbonyl (C=O) groups excluding carboxylic acids is 2. The van der Waals surface area contributed by atoms with Gasteiger partial charge >= 0.3 is 11.9 Å². The zero-order valence-electron chi connectivity index (χ0n) is 10.5. The highest BCUT2D eigenvalue weighted by molar-refractivity contribution is 5.85. The average Bonchev–Trinajstić information content (AvgIpc) is 2.43. The normalized spacial score (nSPS) is 22.3. The number of ether oxygens (including phenoxy) is 2. The van der Waals surface area contributed by atoms with Crippen LogP contribution in [0.4, 0.5) is 0 Å². The Morgan fingerprint density at radius 1 is 1.00 bits per heavy atom. The van der Waals surface area contributed by atoms with E-state index in [-0.39, 0.29) is 0 Å². The zero-order chi connectivity index (χ0) is 13.7. The molecule has 0 amide bonds. The molecule has 0 fully saturated rings. The number of hydrogen-bond acceptors (Lipinski definition) is 4. The van der Waals surface area contributed by atoms with Crippen molar-refractivity contribution < 1.29 is 19.1 Å². The van der Waals surface area contributed by atoms with E-state index in [9.17, 15) is 9.59 Å². The van der Waals surface area contributed by atoms with Gasteiger partial charge in [0, 0.05) is 0 Å². The Hall–Kier alpha value is -2.10. The van der Waals surface area contributed by atoms with Gasteiger partial charge in [0.05, 0.1) is 14.2 Å². The minimum Gasteiger partial charge on any atom is -0.468 e. The Labute approximate surface area is 106 Å². The molecule has 1 aliphatic rings. The fraction of sp³-hybridized carbons (Fsp3) is 0.286. The van der Waals surface area contributed by atoms with Gasteiger partial charge in [-0.05, 0) is 11.1 Å². The molecule has 2 atom stereocenters. The Morgan fingerprint density at radius 2 is 1.33 bits per heavy atom. The number of esters is 2. The summed E-state index contributed by atoms with van der Waals surface area (Å²) in [5.74, 6) is -1.91. The summed E-state index contributed by atoms with van der Waals surface area (Å²) in [5, 5.41) is 0. The minimum atomic E-state index is -0.554. The highest BCUT2D eigenvalue weighted by Crippen LogP contribution is 2.32. The van der Waals surface area contributed by atoms with Gasteiger partial charge in [0.25, 0.3) is 0 Å². The maximum Gasteiger partial charge on any atom is 0.317 e. The number of carbonyl (C=O) groups is 2. The standard InChI is InChI=1S/C14H16O4/c1-5-9-10(6-2)12(14(16)18-4)8-7-11(9)13(15)17-3/h5-8,11-12H,1-2H2,3-4H3/t11-,12-/m1/s1. The smallest absolute Gasteiger partial charge is 0.317 e. The van der Waals surface area contributed by atoms with Crippen LogP contribution in [0, 0.1) is 11.8 Å². The third kappa shape index (κ3) is 2.42. The quantitative estimate of drug-likeness (QED) is 0.562. The molecule has 4 nitrogen and oxygen atoms in total. The molecular formula is C14H16O4. The van der Waals surface area contributed by atoms with E-state index in [1.54, 1.807) is 12.2 Å². The van der Waals surface area contributed by atoms with Crippen LogP contribution in [-0.4, -0.2) is 26.2 Å². The molecule has 96 valence electrons. The Kier molecular flexibility index (Phi) is 4.66. The third-order valence-corrected chi connectivity index (χ3v) is 2.85. The van der Waals surface area contributed by atoms with Gasteiger partial charge in [-0.25, -0.2) is 0 Å². The topological polar surface area (TPSA) is 52.6 Å². The van der Waals surface area contributed by atoms with Gasteiger partial charge in [-0.15, -0.1) is 0 Å². The molecule has 0 N–H and O–H groups in total. The fourth-order valence-electron chi connectivity index (χ4n) is 1.94. The zero-order valence-corrected chi connectivity index (χ0v) is 10.5. The molecule has 1 rings (SSSR count). The first-order valence-electron chi connectivity index (χ1n) is 5.43. The van der Waals surface area contributed by atoms with Crippen molar-refractivity contribution in [3.05, 3.63) is 48.6 Å². The van der Waals surface area contributed by atoms with Crippen LogP contribution in [0.2, 0.25) is 0 Å². The molecule has 0 heterocycles. The van der Waals surface area contributed by atoms with Crippen molar-refractivity contribution in [1.29, 1.82) is 0 Å². The fourth-order valence-corrected chi connectivity index (χ4v) is 1.94. The summed E-state index contributed by atoms with van der Waals surface area (Å²) in [6.07, 6.45) is 6.32. The molecule has 0 unspecified atom stereocenters. The van der Waals surface area contributed by atoms with Crippen LogP contribution in [0.1, 0.15) is 0 Å². The van der Waals surface area contributed by atoms with Crippen LogP contribution >= 0.6 is 0 Å². The van der Waals surface area contributed by atoms with Gasteiger partial charge < -0.3 is 9.47 Å². The first-order chi connectivity index (χ1) is 8.60. The second kappa shape index (κ2) is 6.00. The number of rotatable bonds is 4. The lowest BCUT2D eigenvalue weighted by Gasteiger charge is -2.24. The van der Waals surface area contributed by atoms with E-state index in [1.165, 1.54) is 26.4 Å². The van der Waals surface area contributed by atoms with Crippen LogP contribution < -0.4 is 0 Å². The lowest BCUT2D eigenvalue weighted by molar-refractivity contribution is -0.144. The largest absolute Gasteiger partial charge is 0.468 e. The second-order valence-corrected chi connectivity index (χ2v) is 3.71. The monoisotopic (exact) mass is 248 g/mol. The highest BCUT2D eigenvalue weighted by Gasteiger charge is 2.31. The molecule has 0 radical (unpaired) electrons. The van der Waals surface area contributed by atoms with Crippen molar-refractivity contribution in [2.24, 2.45) is 11.8 Å². The summed E-state index contributed by atoms with van der Waals surface area (Å²) in [7, 11) is 2.63. The van der Waals surface area contributed by atoms with E-state index < -0.39 is 23.8 Å². The van der Waals surface area contributed by atoms with E-state index in [0.717, 1.165) is 0 Å². The minimum absolute atomic E-state index is 0.399. The summed E-state index contributed by atoms with van der Waals surface area (Å²) >= 11 is 0. The first-order valence-corrected chi connectivity index (χ1v) is 5.43. The second-order valence-electron chi connectivity index (χ2n) is 3.71. The number of allylic oxidation sites excluding steroid dienone is 2. The molecule has 18 heavy (non-hydrogen) atoms. The molecule has 0 aliphatic heterocycles. The van der Waals surface area contributed by atoms with E-state index >= 15 is 0 Å². The molecule has 1 aliphatic carbocycles. The summed E-state index contributed by atoms with van der Waals surface area (Å²) < 4.78 is 9.43. The number of hydrogen-bond donors (Lipinski definition) is 0. The number of methoxy groups -OCH3 is 2. The van der Waals surface area contributed by atoms with Gasteiger partial charge in [-0.3, -0.25) is 9.59 Å². The third-order valence-electron chi connectivity index (χ3n) is 2.85. The van der Waals surface area contributed by atoms with Crippen molar-refractivity contribution in [2.75, 3.05) is 14.2 Å². The van der Waals surface area contributed by atoms with Crippen molar-refractivity contribution >= 4 is 11.9 Å². The van der Waals surface area contributed by atoms with Gasteiger partial charge in [-0.1, -0.05) is 37.5 Å². The summed E-state index contributed by atoms with van der Waals surface area (Å²) in [6, 6.07) is 0. The van der Waals surface area contributed by atoms with Gasteiger partial charge in [0.2, 0.25) is 0 Å². The summed E-state index contributed by atoms with van der Waals surface area (Å²) in [6.45, 7) is 7.34. The predicted octanol–water partition coefficient (Wildman–Crippen LogP) is 1.80. The molecule has 4 heteroatoms. The highest BCUT2D eigenvalue weighted by atomic mass is 16.5. The Bertz CT molecular complexity index is 403. The van der Waals surface area contributed by atoms with Crippen LogP contribution in [0.15, 0.2) is 48.6 Å². The van der Waals surface area contributed by atoms with Gasteiger partial charge in [0.1, 0.15) is 11.8 Å². The molecular weight excluding hydrogens is 232 g/mol. The van der Waals surface area contributed by atoms with Crippen LogP contribution in [-0.2, 0) is 19.1 Å². The average molecular weight is 248 g/mol. The molecule has 0 saturated carbocycles. The van der Waals surface area contributed by atoms with Crippen LogP contribution in [0.25, 0.3) is 0 Å². The Morgan fingerprint density at radius 3 is 1.56 bits per heavy atom. The summed E-state index contributed by atoms with van der Waals surface area (Å²) in [4.78, 5) is 23.3. The van der Waals surface area contributed by atoms with E-state index in [1.807, 2.05) is 0 Å². The van der Waals surface area contributed by atoms with Crippen molar-refractivity contribution in [1.82, 2.24) is 0 Å². The Balaban J connectivity index is 3.25. The molecule has 0 aromatic rings. The van der Waals surface area contributed by atoms with Gasteiger partial charge in [0.15, 0.2) is 0 Å². The maximum atomic E-state index is 11.6. The van der Waals surface area contributed by atoms with Crippen molar-refractivity contribution in [3.8, 4) is 0 Å². The predicted molar refractivity (Wildman–Crippen MR) is 67.6 cm³/mol. The van der Waals surface area contributed by atoms with Crippen molar-refractivity contribution in [2.45, 2.75) is 0 Å². The van der Waals surface area contributed by atoms with Crippen LogP contribution in [0.5, 0.6) is 0 Å². The molecule has 0 saturated heterocycles. The van der Waals surface area contributed by atoms with E-state index in [2.05, 4.69) is 13.2 Å². The van der Waals surface area contributed by atoms with Crippen LogP contribution in [0.3, 0.4) is 0 Å². The molecule has 0 aromatic heterocycles. The maximum absolute atomic E-state index is 11.6. The molecule has 0 bridgehead atoms. The summed E-state index contributed by atoms with van der Waals surface area (Å²) in [5.41, 5.74) is 1.24.